The highest BCUT2D eigenvalue weighted by Crippen LogP contribution is 2.52. The molecule has 3 aliphatic rings. The summed E-state index contributed by atoms with van der Waals surface area (Å²) < 4.78 is 0. The van der Waals surface area contributed by atoms with E-state index in [1.165, 1.54) is 23.4 Å². The van der Waals surface area contributed by atoms with Crippen molar-refractivity contribution in [2.45, 2.75) is 18.8 Å². The minimum absolute atomic E-state index is 0.547. The van der Waals surface area contributed by atoms with Gasteiger partial charge in [0.25, 0.3) is 0 Å². The average Bonchev–Trinajstić information content (AvgIpc) is 2.96. The third kappa shape index (κ3) is 2.22. The monoisotopic (exact) mass is 327 g/mol. The van der Waals surface area contributed by atoms with Crippen molar-refractivity contribution in [3.05, 3.63) is 46.0 Å². The third-order valence-electron chi connectivity index (χ3n) is 4.41. The van der Waals surface area contributed by atoms with Crippen LogP contribution in [0.4, 0.5) is 10.0 Å². The van der Waals surface area contributed by atoms with Crippen molar-refractivity contribution in [3.8, 4) is 6.07 Å². The van der Waals surface area contributed by atoms with Crippen LogP contribution in [0.3, 0.4) is 0 Å². The first kappa shape index (κ1) is 13.8. The summed E-state index contributed by atoms with van der Waals surface area (Å²) in [6.07, 6.45) is 4.14. The van der Waals surface area contributed by atoms with Crippen LogP contribution < -0.4 is 4.90 Å². The van der Waals surface area contributed by atoms with Crippen molar-refractivity contribution in [3.63, 3.8) is 0 Å². The van der Waals surface area contributed by atoms with E-state index in [0.29, 0.717) is 10.9 Å². The van der Waals surface area contributed by atoms with Crippen molar-refractivity contribution >= 4 is 39.2 Å². The zero-order valence-electron chi connectivity index (χ0n) is 11.9. The smallest absolute Gasteiger partial charge is 0.136 e. The summed E-state index contributed by atoms with van der Waals surface area (Å²) in [7, 11) is 0. The number of benzene rings is 1. The van der Waals surface area contributed by atoms with Gasteiger partial charge in [0.2, 0.25) is 0 Å². The molecule has 1 aromatic carbocycles. The Morgan fingerprint density at radius 3 is 2.68 bits per heavy atom. The van der Waals surface area contributed by atoms with E-state index in [9.17, 15) is 5.26 Å². The van der Waals surface area contributed by atoms with Gasteiger partial charge in [0.15, 0.2) is 0 Å². The van der Waals surface area contributed by atoms with Crippen LogP contribution >= 0.6 is 22.9 Å². The Labute approximate surface area is 138 Å². The van der Waals surface area contributed by atoms with Crippen LogP contribution in [0.5, 0.6) is 0 Å². The Morgan fingerprint density at radius 2 is 2.00 bits per heavy atom. The molecule has 0 unspecified atom stereocenters. The molecule has 3 aliphatic heterocycles. The molecular weight excluding hydrogens is 314 g/mol. The van der Waals surface area contributed by atoms with Gasteiger partial charge in [-0.2, -0.15) is 5.26 Å². The van der Waals surface area contributed by atoms with E-state index in [-0.39, 0.29) is 0 Å². The molecule has 22 heavy (non-hydrogen) atoms. The van der Waals surface area contributed by atoms with Crippen LogP contribution in [0.1, 0.15) is 35.4 Å². The zero-order chi connectivity index (χ0) is 15.1. The minimum Gasteiger partial charge on any atom is -0.363 e. The Kier molecular flexibility index (Phi) is 3.40. The highest BCUT2D eigenvalue weighted by atomic mass is 35.5. The van der Waals surface area contributed by atoms with Crippen molar-refractivity contribution in [2.75, 3.05) is 18.0 Å². The number of rotatable bonds is 2. The van der Waals surface area contributed by atoms with Crippen LogP contribution in [0.2, 0.25) is 5.02 Å². The first-order chi connectivity index (χ1) is 10.8. The summed E-state index contributed by atoms with van der Waals surface area (Å²) in [4.78, 5) is 6.98. The van der Waals surface area contributed by atoms with Gasteiger partial charge >= 0.3 is 0 Å². The number of fused-ring (bicyclic) bond motifs is 2. The molecule has 0 aliphatic carbocycles. The summed E-state index contributed by atoms with van der Waals surface area (Å²) >= 11 is 7.54. The molecule has 4 heterocycles. The second-order valence-corrected chi connectivity index (χ2v) is 7.10. The number of anilines is 1. The highest BCUT2D eigenvalue weighted by molar-refractivity contribution is 7.20. The van der Waals surface area contributed by atoms with E-state index in [1.807, 2.05) is 30.5 Å². The van der Waals surface area contributed by atoms with Crippen LogP contribution in [0.25, 0.3) is 0 Å². The molecule has 0 saturated carbocycles. The van der Waals surface area contributed by atoms with Gasteiger partial charge < -0.3 is 4.90 Å². The fourth-order valence-corrected chi connectivity index (χ4v) is 4.65. The van der Waals surface area contributed by atoms with Gasteiger partial charge in [-0.3, -0.25) is 0 Å². The molecule has 3 nitrogen and oxygen atoms in total. The number of thiophene rings is 1. The van der Waals surface area contributed by atoms with Gasteiger partial charge in [-0.1, -0.05) is 35.1 Å². The van der Waals surface area contributed by atoms with Gasteiger partial charge in [-0.15, -0.1) is 0 Å². The van der Waals surface area contributed by atoms with E-state index in [1.54, 1.807) is 11.3 Å². The first-order valence-electron chi connectivity index (χ1n) is 7.37. The predicted octanol–water partition coefficient (Wildman–Crippen LogP) is 4.72. The van der Waals surface area contributed by atoms with Crippen LogP contribution in [0, 0.1) is 11.3 Å². The molecule has 1 aromatic heterocycles. The number of nitrogens with zero attached hydrogens (tertiary/aromatic N) is 3. The van der Waals surface area contributed by atoms with Crippen LogP contribution in [-0.4, -0.2) is 19.3 Å². The molecule has 5 rings (SSSR count). The van der Waals surface area contributed by atoms with Gasteiger partial charge in [0.1, 0.15) is 11.1 Å². The standard InChI is InChI=1S/C17H14ClN3S/c18-13-3-1-11(2-4-13)10-20-16-14(9-19)15-12-5-7-21(8-6-12)17(15)22-16/h1-4,10,12H,5-8H2. The average molecular weight is 328 g/mol. The molecule has 110 valence electrons. The lowest BCUT2D eigenvalue weighted by Crippen LogP contribution is -2.37. The lowest BCUT2D eigenvalue weighted by molar-refractivity contribution is 0.479. The first-order valence-corrected chi connectivity index (χ1v) is 8.57. The second-order valence-electron chi connectivity index (χ2n) is 5.68. The molecule has 2 aromatic rings. The van der Waals surface area contributed by atoms with Gasteiger partial charge in [0.05, 0.1) is 10.6 Å². The summed E-state index contributed by atoms with van der Waals surface area (Å²) in [6.45, 7) is 2.23. The molecule has 0 radical (unpaired) electrons. The maximum absolute atomic E-state index is 9.57. The minimum atomic E-state index is 0.547. The second kappa shape index (κ2) is 5.42. The number of nitriles is 1. The summed E-state index contributed by atoms with van der Waals surface area (Å²) in [5, 5.41) is 12.4. The molecule has 5 heteroatoms. The number of hydrogen-bond acceptors (Lipinski definition) is 4. The number of piperidine rings is 1. The zero-order valence-corrected chi connectivity index (χ0v) is 13.5. The number of halogens is 1. The predicted molar refractivity (Wildman–Crippen MR) is 91.9 cm³/mol. The van der Waals surface area contributed by atoms with Crippen molar-refractivity contribution < 1.29 is 0 Å². The number of hydrogen-bond donors (Lipinski definition) is 0. The fourth-order valence-electron chi connectivity index (χ4n) is 3.29. The van der Waals surface area contributed by atoms with Crippen molar-refractivity contribution in [1.82, 2.24) is 0 Å². The molecule has 0 atom stereocenters. The summed E-state index contributed by atoms with van der Waals surface area (Å²) in [5.74, 6) is 0.547. The highest BCUT2D eigenvalue weighted by Gasteiger charge is 2.36. The molecular formula is C17H14ClN3S. The van der Waals surface area contributed by atoms with E-state index in [0.717, 1.165) is 29.2 Å². The quantitative estimate of drug-likeness (QED) is 0.748. The molecule has 0 amide bonds. The fraction of sp³-hybridized carbons (Fsp3) is 0.294. The van der Waals surface area contributed by atoms with Gasteiger partial charge in [-0.05, 0) is 36.5 Å². The lowest BCUT2D eigenvalue weighted by atomic mass is 9.84. The molecule has 1 fully saturated rings. The number of aliphatic imine (C=N–C) groups is 1. The van der Waals surface area contributed by atoms with E-state index in [2.05, 4.69) is 16.0 Å². The Bertz CT molecular complexity index is 777. The Hall–Kier alpha value is -1.83. The van der Waals surface area contributed by atoms with E-state index in [4.69, 9.17) is 11.6 Å². The SMILES string of the molecule is N#Cc1c(N=Cc2ccc(Cl)cc2)sc2c1C1CCN2CC1. The molecule has 0 N–H and O–H groups in total. The largest absolute Gasteiger partial charge is 0.363 e. The third-order valence-corrected chi connectivity index (χ3v) is 5.84. The normalized spacial score (nSPS) is 17.0. The Balaban J connectivity index is 1.72. The van der Waals surface area contributed by atoms with Crippen molar-refractivity contribution in [1.29, 1.82) is 5.26 Å². The molecule has 0 spiro atoms. The maximum atomic E-state index is 9.57. The van der Waals surface area contributed by atoms with Gasteiger partial charge in [0, 0.05) is 29.9 Å². The lowest BCUT2D eigenvalue weighted by Gasteiger charge is -2.39. The van der Waals surface area contributed by atoms with E-state index >= 15 is 0 Å². The van der Waals surface area contributed by atoms with E-state index < -0.39 is 0 Å². The van der Waals surface area contributed by atoms with Crippen LogP contribution in [-0.2, 0) is 0 Å². The molecule has 2 bridgehead atoms. The summed E-state index contributed by atoms with van der Waals surface area (Å²) in [5.41, 5.74) is 3.01. The topological polar surface area (TPSA) is 39.4 Å². The molecule has 1 saturated heterocycles. The van der Waals surface area contributed by atoms with Gasteiger partial charge in [-0.25, -0.2) is 4.99 Å². The maximum Gasteiger partial charge on any atom is 0.136 e. The summed E-state index contributed by atoms with van der Waals surface area (Å²) in [6, 6.07) is 9.93. The van der Waals surface area contributed by atoms with Crippen molar-refractivity contribution in [2.24, 2.45) is 4.99 Å². The Morgan fingerprint density at radius 1 is 1.27 bits per heavy atom. The van der Waals surface area contributed by atoms with Crippen LogP contribution in [0.15, 0.2) is 29.3 Å².